The highest BCUT2D eigenvalue weighted by molar-refractivity contribution is 5.87. The molecule has 1 saturated heterocycles. The smallest absolute Gasteiger partial charge is 0.350 e. The van der Waals surface area contributed by atoms with Crippen LogP contribution in [0.3, 0.4) is 0 Å². The van der Waals surface area contributed by atoms with Crippen molar-refractivity contribution in [1.29, 1.82) is 5.26 Å². The van der Waals surface area contributed by atoms with Crippen molar-refractivity contribution in [1.82, 2.24) is 14.6 Å². The zero-order valence-corrected chi connectivity index (χ0v) is 17.3. The van der Waals surface area contributed by atoms with Gasteiger partial charge in [-0.3, -0.25) is 9.36 Å². The molecule has 30 heavy (non-hydrogen) atoms. The number of nitriles is 1. The van der Waals surface area contributed by atoms with E-state index in [1.807, 2.05) is 4.90 Å². The van der Waals surface area contributed by atoms with Crippen molar-refractivity contribution < 1.29 is 4.39 Å². The van der Waals surface area contributed by atoms with Crippen LogP contribution < -0.4 is 27.3 Å². The first-order valence-corrected chi connectivity index (χ1v) is 10.4. The maximum atomic E-state index is 15.2. The number of anilines is 1. The van der Waals surface area contributed by atoms with Crippen LogP contribution in [-0.4, -0.2) is 35.4 Å². The largest absolute Gasteiger partial charge is 0.368 e. The Morgan fingerprint density at radius 2 is 2.07 bits per heavy atom. The van der Waals surface area contributed by atoms with E-state index in [-0.39, 0.29) is 11.4 Å². The van der Waals surface area contributed by atoms with Gasteiger partial charge in [0.25, 0.3) is 5.56 Å². The number of hydrogen-bond donors (Lipinski definition) is 2. The Kier molecular flexibility index (Phi) is 5.28. The number of nitrogen functional groups attached to an aromatic ring is 1. The summed E-state index contributed by atoms with van der Waals surface area (Å²) in [5, 5.41) is 12.1. The molecule has 1 aliphatic carbocycles. The van der Waals surface area contributed by atoms with Gasteiger partial charge in [0.05, 0.1) is 22.7 Å². The summed E-state index contributed by atoms with van der Waals surface area (Å²) >= 11 is 0. The van der Waals surface area contributed by atoms with E-state index in [1.165, 1.54) is 6.07 Å². The van der Waals surface area contributed by atoms with E-state index in [2.05, 4.69) is 18.3 Å². The lowest BCUT2D eigenvalue weighted by molar-refractivity contribution is 0.423. The van der Waals surface area contributed by atoms with Crippen LogP contribution in [0.1, 0.15) is 37.8 Å². The van der Waals surface area contributed by atoms with Crippen LogP contribution >= 0.6 is 0 Å². The number of nitrogens with zero attached hydrogens (tertiary/aromatic N) is 4. The minimum atomic E-state index is -0.671. The van der Waals surface area contributed by atoms with Crippen molar-refractivity contribution in [2.45, 2.75) is 39.2 Å². The highest BCUT2D eigenvalue weighted by atomic mass is 19.1. The summed E-state index contributed by atoms with van der Waals surface area (Å²) in [4.78, 5) is 27.3. The van der Waals surface area contributed by atoms with Crippen molar-refractivity contribution in [2.75, 3.05) is 36.9 Å². The topological polar surface area (TPSA) is 109 Å². The first-order valence-electron chi connectivity index (χ1n) is 10.4. The molecule has 2 fully saturated rings. The van der Waals surface area contributed by atoms with Crippen LogP contribution in [0.5, 0.6) is 0 Å². The molecule has 4 rings (SSSR count). The van der Waals surface area contributed by atoms with E-state index in [1.54, 1.807) is 11.5 Å². The van der Waals surface area contributed by atoms with Gasteiger partial charge in [0.1, 0.15) is 5.82 Å². The third-order valence-corrected chi connectivity index (χ3v) is 6.38. The quantitative estimate of drug-likeness (QED) is 0.544. The van der Waals surface area contributed by atoms with E-state index < -0.39 is 17.1 Å². The van der Waals surface area contributed by atoms with Gasteiger partial charge in [0.2, 0.25) is 0 Å². The van der Waals surface area contributed by atoms with E-state index in [0.717, 1.165) is 19.4 Å². The summed E-state index contributed by atoms with van der Waals surface area (Å²) in [5.74, 6) is 5.89. The zero-order chi connectivity index (χ0) is 21.6. The van der Waals surface area contributed by atoms with Crippen LogP contribution in [0.2, 0.25) is 0 Å². The molecule has 0 radical (unpaired) electrons. The highest BCUT2D eigenvalue weighted by Crippen LogP contribution is 2.39. The molecule has 1 aromatic carbocycles. The maximum Gasteiger partial charge on any atom is 0.350 e. The van der Waals surface area contributed by atoms with Gasteiger partial charge in [0, 0.05) is 44.2 Å². The van der Waals surface area contributed by atoms with Crippen molar-refractivity contribution in [2.24, 2.45) is 11.8 Å². The Hall–Kier alpha value is -2.86. The van der Waals surface area contributed by atoms with E-state index in [0.29, 0.717) is 59.3 Å². The van der Waals surface area contributed by atoms with E-state index >= 15 is 4.39 Å². The van der Waals surface area contributed by atoms with Gasteiger partial charge in [-0.25, -0.2) is 9.18 Å². The molecular formula is C21H27FN6O2. The molecule has 2 atom stereocenters. The van der Waals surface area contributed by atoms with Gasteiger partial charge in [-0.15, -0.1) is 0 Å². The number of aryl methyl sites for hydroxylation is 1. The zero-order valence-electron chi connectivity index (χ0n) is 17.3. The Morgan fingerprint density at radius 3 is 2.73 bits per heavy atom. The predicted octanol–water partition coefficient (Wildman–Crippen LogP) is 1.24. The summed E-state index contributed by atoms with van der Waals surface area (Å²) in [6.45, 7) is 6.68. The van der Waals surface area contributed by atoms with Gasteiger partial charge in [0.15, 0.2) is 0 Å². The average molecular weight is 414 g/mol. The van der Waals surface area contributed by atoms with E-state index in [9.17, 15) is 9.59 Å². The van der Waals surface area contributed by atoms with Gasteiger partial charge in [-0.2, -0.15) is 9.94 Å². The second-order valence-electron chi connectivity index (χ2n) is 8.54. The van der Waals surface area contributed by atoms with Crippen LogP contribution in [0.15, 0.2) is 15.7 Å². The molecule has 1 aliphatic heterocycles. The number of benzene rings is 1. The maximum absolute atomic E-state index is 15.2. The standard InChI is InChI=1S/C21H27FN6O2/c1-12-10-26(11-14(12)9-25-7-3-6-23)19-13(2)18-16(8-17(19)22)20(29)28(24)21(30)27(18)15-4-5-15/h8,12,14-15,25H,3-5,7,9-11,24H2,1-2H3/t12-,14-/m1/s1. The SMILES string of the molecule is Cc1c(N2C[C@@H](CNCCC#N)[C@H](C)C2)c(F)cc2c(=O)n(N)c(=O)n(C3CC3)c12. The number of nitrogens with one attached hydrogen (secondary N) is 1. The summed E-state index contributed by atoms with van der Waals surface area (Å²) in [5.41, 5.74) is 0.336. The fourth-order valence-corrected chi connectivity index (χ4v) is 4.63. The Morgan fingerprint density at radius 1 is 1.33 bits per heavy atom. The van der Waals surface area contributed by atoms with Gasteiger partial charge < -0.3 is 16.1 Å². The molecule has 1 aromatic heterocycles. The number of rotatable bonds is 6. The lowest BCUT2D eigenvalue weighted by atomic mass is 9.98. The minimum Gasteiger partial charge on any atom is -0.368 e. The fraction of sp³-hybridized carbons (Fsp3) is 0.571. The molecule has 2 aromatic rings. The lowest BCUT2D eigenvalue weighted by Gasteiger charge is -2.24. The second kappa shape index (κ2) is 7.76. The summed E-state index contributed by atoms with van der Waals surface area (Å²) < 4.78 is 17.4. The van der Waals surface area contributed by atoms with E-state index in [4.69, 9.17) is 11.1 Å². The molecule has 9 heteroatoms. The lowest BCUT2D eigenvalue weighted by Crippen LogP contribution is -2.44. The van der Waals surface area contributed by atoms with Gasteiger partial charge >= 0.3 is 5.69 Å². The Bertz CT molecular complexity index is 1140. The van der Waals surface area contributed by atoms with Crippen LogP contribution in [0.4, 0.5) is 10.1 Å². The predicted molar refractivity (Wildman–Crippen MR) is 114 cm³/mol. The monoisotopic (exact) mass is 414 g/mol. The normalized spacial score (nSPS) is 21.3. The van der Waals surface area contributed by atoms with Crippen LogP contribution in [-0.2, 0) is 0 Å². The molecule has 2 aliphatic rings. The third kappa shape index (κ3) is 3.35. The van der Waals surface area contributed by atoms with Gasteiger partial charge in [-0.1, -0.05) is 6.92 Å². The minimum absolute atomic E-state index is 0.00185. The van der Waals surface area contributed by atoms with Crippen LogP contribution in [0, 0.1) is 35.9 Å². The van der Waals surface area contributed by atoms with Crippen molar-refractivity contribution >= 4 is 16.6 Å². The Balaban J connectivity index is 1.75. The molecular weight excluding hydrogens is 387 g/mol. The molecule has 0 spiro atoms. The molecule has 3 N–H and O–H groups in total. The molecule has 0 bridgehead atoms. The molecule has 8 nitrogen and oxygen atoms in total. The number of aromatic nitrogens is 2. The highest BCUT2D eigenvalue weighted by Gasteiger charge is 2.34. The fourth-order valence-electron chi connectivity index (χ4n) is 4.63. The first kappa shape index (κ1) is 20.4. The van der Waals surface area contributed by atoms with Crippen LogP contribution in [0.25, 0.3) is 10.9 Å². The Labute approximate surface area is 173 Å². The first-order chi connectivity index (χ1) is 14.3. The molecule has 0 amide bonds. The van der Waals surface area contributed by atoms with Crippen molar-refractivity contribution in [3.8, 4) is 6.07 Å². The second-order valence-corrected chi connectivity index (χ2v) is 8.54. The molecule has 1 saturated carbocycles. The molecule has 2 heterocycles. The third-order valence-electron chi connectivity index (χ3n) is 6.38. The molecule has 160 valence electrons. The number of hydrogen-bond acceptors (Lipinski definition) is 6. The summed E-state index contributed by atoms with van der Waals surface area (Å²) in [7, 11) is 0. The summed E-state index contributed by atoms with van der Waals surface area (Å²) in [6.07, 6.45) is 2.15. The number of nitrogens with two attached hydrogens (primary N) is 1. The number of fused-ring (bicyclic) bond motifs is 1. The van der Waals surface area contributed by atoms with Gasteiger partial charge in [-0.05, 0) is 37.7 Å². The molecule has 0 unspecified atom stereocenters. The van der Waals surface area contributed by atoms with Crippen molar-refractivity contribution in [3.63, 3.8) is 0 Å². The summed E-state index contributed by atoms with van der Waals surface area (Å²) in [6, 6.07) is 3.35. The average Bonchev–Trinajstić information content (AvgIpc) is 3.48. The number of halogens is 1. The van der Waals surface area contributed by atoms with Crippen molar-refractivity contribution in [3.05, 3.63) is 38.3 Å².